The average Bonchev–Trinajstić information content (AvgIpc) is 2.42. The minimum absolute atomic E-state index is 0.125. The number of alkyl halides is 3. The second-order valence-corrected chi connectivity index (χ2v) is 5.67. The fourth-order valence-corrected chi connectivity index (χ4v) is 2.62. The van der Waals surface area contributed by atoms with Gasteiger partial charge in [0.1, 0.15) is 11.4 Å². The van der Waals surface area contributed by atoms with Crippen molar-refractivity contribution in [3.8, 4) is 0 Å². The van der Waals surface area contributed by atoms with Crippen LogP contribution in [0.1, 0.15) is 18.4 Å². The first-order valence-corrected chi connectivity index (χ1v) is 7.04. The number of hydrogen-bond acceptors (Lipinski definition) is 3. The summed E-state index contributed by atoms with van der Waals surface area (Å²) < 4.78 is 56.0. The van der Waals surface area contributed by atoms with E-state index in [1.807, 2.05) is 0 Å². The Morgan fingerprint density at radius 1 is 1.32 bits per heavy atom. The number of esters is 1. The van der Waals surface area contributed by atoms with Crippen LogP contribution in [0.25, 0.3) is 0 Å². The highest BCUT2D eigenvalue weighted by molar-refractivity contribution is 6.30. The van der Waals surface area contributed by atoms with Gasteiger partial charge in [-0.25, -0.2) is 9.18 Å². The van der Waals surface area contributed by atoms with Gasteiger partial charge in [0.15, 0.2) is 0 Å². The molecule has 0 saturated carbocycles. The van der Waals surface area contributed by atoms with Gasteiger partial charge in [-0.3, -0.25) is 0 Å². The number of nitrogens with one attached hydrogen (secondary N) is 1. The fraction of sp³-hybridized carbons (Fsp3) is 0.500. The maximum Gasteiger partial charge on any atom is 0.490 e. The average molecular weight is 340 g/mol. The highest BCUT2D eigenvalue weighted by atomic mass is 35.5. The van der Waals surface area contributed by atoms with Gasteiger partial charge in [-0.15, -0.1) is 0 Å². The van der Waals surface area contributed by atoms with Crippen LogP contribution in [0.4, 0.5) is 17.6 Å². The molecule has 1 saturated heterocycles. The molecule has 1 aliphatic heterocycles. The molecule has 1 heterocycles. The van der Waals surface area contributed by atoms with Gasteiger partial charge in [0.25, 0.3) is 0 Å². The summed E-state index contributed by atoms with van der Waals surface area (Å²) >= 11 is 5.65. The van der Waals surface area contributed by atoms with Gasteiger partial charge < -0.3 is 10.1 Å². The first-order valence-electron chi connectivity index (χ1n) is 6.67. The van der Waals surface area contributed by atoms with Crippen molar-refractivity contribution < 1.29 is 27.1 Å². The third-order valence-corrected chi connectivity index (χ3v) is 3.82. The molecule has 0 spiro atoms. The lowest BCUT2D eigenvalue weighted by atomic mass is 9.85. The Balaban J connectivity index is 2.23. The number of carbonyl (C=O) groups excluding carboxylic acids is 1. The van der Waals surface area contributed by atoms with Crippen molar-refractivity contribution >= 4 is 17.6 Å². The molecule has 2 rings (SSSR count). The lowest BCUT2D eigenvalue weighted by molar-refractivity contribution is -0.216. The molecular formula is C14H14ClF4NO2. The molecule has 0 bridgehead atoms. The van der Waals surface area contributed by atoms with Crippen LogP contribution in [-0.2, 0) is 16.0 Å². The van der Waals surface area contributed by atoms with E-state index in [1.165, 1.54) is 12.1 Å². The van der Waals surface area contributed by atoms with Crippen molar-refractivity contribution in [3.63, 3.8) is 0 Å². The zero-order chi connectivity index (χ0) is 16.4. The largest absolute Gasteiger partial charge is 0.490 e. The molecule has 22 heavy (non-hydrogen) atoms. The van der Waals surface area contributed by atoms with Gasteiger partial charge in [0.05, 0.1) is 0 Å². The summed E-state index contributed by atoms with van der Waals surface area (Å²) in [5.74, 6) is -2.88. The van der Waals surface area contributed by atoms with Crippen molar-refractivity contribution in [1.82, 2.24) is 5.32 Å². The second-order valence-electron chi connectivity index (χ2n) is 5.23. The van der Waals surface area contributed by atoms with Crippen LogP contribution >= 0.6 is 11.6 Å². The van der Waals surface area contributed by atoms with E-state index in [-0.39, 0.29) is 29.8 Å². The van der Waals surface area contributed by atoms with Crippen LogP contribution in [0.3, 0.4) is 0 Å². The molecule has 0 atom stereocenters. The fourth-order valence-electron chi connectivity index (χ4n) is 2.46. The molecule has 0 amide bonds. The number of rotatable bonds is 3. The van der Waals surface area contributed by atoms with Crippen molar-refractivity contribution in [1.29, 1.82) is 0 Å². The molecule has 122 valence electrons. The summed E-state index contributed by atoms with van der Waals surface area (Å²) in [6.07, 6.45) is -4.84. The van der Waals surface area contributed by atoms with Crippen LogP contribution < -0.4 is 5.32 Å². The zero-order valence-corrected chi connectivity index (χ0v) is 12.2. The summed E-state index contributed by atoms with van der Waals surface area (Å²) in [5.41, 5.74) is -1.20. The molecule has 1 N–H and O–H groups in total. The SMILES string of the molecule is O=C(OC1(Cc2ccc(Cl)cc2F)CCNCC1)C(F)(F)F. The highest BCUT2D eigenvalue weighted by Gasteiger charge is 2.47. The van der Waals surface area contributed by atoms with Gasteiger partial charge in [0.2, 0.25) is 0 Å². The number of ether oxygens (including phenoxy) is 1. The zero-order valence-electron chi connectivity index (χ0n) is 11.5. The lowest BCUT2D eigenvalue weighted by Gasteiger charge is -2.37. The summed E-state index contributed by atoms with van der Waals surface area (Å²) in [6, 6.07) is 3.92. The Labute approximate surface area is 129 Å². The van der Waals surface area contributed by atoms with Crippen LogP contribution in [0, 0.1) is 5.82 Å². The smallest absolute Gasteiger partial charge is 0.452 e. The first-order chi connectivity index (χ1) is 10.2. The number of hydrogen-bond donors (Lipinski definition) is 1. The normalized spacial score (nSPS) is 18.0. The molecule has 1 aromatic rings. The van der Waals surface area contributed by atoms with E-state index in [0.717, 1.165) is 6.07 Å². The van der Waals surface area contributed by atoms with E-state index in [0.29, 0.717) is 13.1 Å². The topological polar surface area (TPSA) is 38.3 Å². The van der Waals surface area contributed by atoms with Crippen molar-refractivity contribution in [3.05, 3.63) is 34.6 Å². The van der Waals surface area contributed by atoms with E-state index >= 15 is 0 Å². The first kappa shape index (κ1) is 17.0. The lowest BCUT2D eigenvalue weighted by Crippen LogP contribution is -2.49. The van der Waals surface area contributed by atoms with Crippen molar-refractivity contribution in [2.45, 2.75) is 31.0 Å². The number of piperidine rings is 1. The van der Waals surface area contributed by atoms with E-state index in [1.54, 1.807) is 0 Å². The van der Waals surface area contributed by atoms with Crippen LogP contribution in [-0.4, -0.2) is 30.8 Å². The quantitative estimate of drug-likeness (QED) is 0.678. The molecule has 1 aliphatic rings. The summed E-state index contributed by atoms with van der Waals surface area (Å²) in [4.78, 5) is 11.2. The molecule has 0 unspecified atom stereocenters. The summed E-state index contributed by atoms with van der Waals surface area (Å²) in [7, 11) is 0. The van der Waals surface area contributed by atoms with E-state index in [2.05, 4.69) is 5.32 Å². The standard InChI is InChI=1S/C14H14ClF4NO2/c15-10-2-1-9(11(16)7-10)8-13(3-5-20-6-4-13)22-12(21)14(17,18)19/h1-2,7,20H,3-6,8H2. The predicted octanol–water partition coefficient (Wildman–Crippen LogP) is 3.25. The number of benzene rings is 1. The van der Waals surface area contributed by atoms with Crippen molar-refractivity contribution in [2.24, 2.45) is 0 Å². The van der Waals surface area contributed by atoms with E-state index < -0.39 is 23.6 Å². The maximum atomic E-state index is 13.9. The van der Waals surface area contributed by atoms with Crippen molar-refractivity contribution in [2.75, 3.05) is 13.1 Å². The summed E-state index contributed by atoms with van der Waals surface area (Å²) in [5, 5.41) is 3.16. The Hall–Kier alpha value is -1.34. The van der Waals surface area contributed by atoms with E-state index in [4.69, 9.17) is 16.3 Å². The number of carbonyl (C=O) groups is 1. The third kappa shape index (κ3) is 4.10. The molecule has 3 nitrogen and oxygen atoms in total. The van der Waals surface area contributed by atoms with Crippen LogP contribution in [0.5, 0.6) is 0 Å². The number of halogens is 5. The van der Waals surface area contributed by atoms with Crippen LogP contribution in [0.15, 0.2) is 18.2 Å². The molecule has 0 radical (unpaired) electrons. The molecule has 0 aromatic heterocycles. The monoisotopic (exact) mass is 339 g/mol. The maximum absolute atomic E-state index is 13.9. The van der Waals surface area contributed by atoms with Crippen LogP contribution in [0.2, 0.25) is 5.02 Å². The van der Waals surface area contributed by atoms with Gasteiger partial charge in [-0.2, -0.15) is 13.2 Å². The third-order valence-electron chi connectivity index (χ3n) is 3.58. The summed E-state index contributed by atoms with van der Waals surface area (Å²) in [6.45, 7) is 0.778. The predicted molar refractivity (Wildman–Crippen MR) is 72.1 cm³/mol. The molecule has 8 heteroatoms. The van der Waals surface area contributed by atoms with Gasteiger partial charge >= 0.3 is 12.1 Å². The minimum Gasteiger partial charge on any atom is -0.452 e. The Morgan fingerprint density at radius 3 is 2.50 bits per heavy atom. The minimum atomic E-state index is -5.07. The van der Waals surface area contributed by atoms with Gasteiger partial charge in [-0.05, 0) is 30.8 Å². The molecule has 1 aromatic carbocycles. The molecule has 1 fully saturated rings. The highest BCUT2D eigenvalue weighted by Crippen LogP contribution is 2.32. The van der Waals surface area contributed by atoms with Gasteiger partial charge in [-0.1, -0.05) is 17.7 Å². The molecular weight excluding hydrogens is 326 g/mol. The second kappa shape index (κ2) is 6.42. The Morgan fingerprint density at radius 2 is 1.95 bits per heavy atom. The molecule has 0 aliphatic carbocycles. The Kier molecular flexibility index (Phi) is 4.97. The Bertz CT molecular complexity index is 556. The van der Waals surface area contributed by atoms with E-state index in [9.17, 15) is 22.4 Å². The van der Waals surface area contributed by atoms with Gasteiger partial charge in [0, 0.05) is 24.3 Å².